The standard InChI is InChI=1S/C27H35N3O3/c1-21-6-3-8-23(16-21)24-9-4-7-22(17-24)18-27(26(32)28-2)10-5-11-30(20-27)25(31)19-29-12-14-33-15-13-29/h3-4,6-9,16-17H,5,10-15,18-20H2,1-2H3,(H,28,32). The van der Waals surface area contributed by atoms with Gasteiger partial charge in [-0.1, -0.05) is 54.1 Å². The Balaban J connectivity index is 1.53. The molecule has 0 aromatic heterocycles. The van der Waals surface area contributed by atoms with Crippen molar-refractivity contribution in [2.45, 2.75) is 26.2 Å². The maximum Gasteiger partial charge on any atom is 0.236 e. The first-order valence-electron chi connectivity index (χ1n) is 12.0. The van der Waals surface area contributed by atoms with Crippen molar-refractivity contribution in [3.05, 3.63) is 59.7 Å². The quantitative estimate of drug-likeness (QED) is 0.737. The van der Waals surface area contributed by atoms with Crippen LogP contribution in [-0.4, -0.2) is 74.6 Å². The number of morpholine rings is 1. The average Bonchev–Trinajstić information content (AvgIpc) is 2.84. The molecule has 0 spiro atoms. The van der Waals surface area contributed by atoms with E-state index in [0.29, 0.717) is 39.3 Å². The van der Waals surface area contributed by atoms with Crippen molar-refractivity contribution >= 4 is 11.8 Å². The Hall–Kier alpha value is -2.70. The van der Waals surface area contributed by atoms with Crippen LogP contribution in [0.2, 0.25) is 0 Å². The molecule has 2 saturated heterocycles. The van der Waals surface area contributed by atoms with Crippen molar-refractivity contribution in [2.24, 2.45) is 5.41 Å². The summed E-state index contributed by atoms with van der Waals surface area (Å²) < 4.78 is 5.40. The normalized spacial score (nSPS) is 21.6. The summed E-state index contributed by atoms with van der Waals surface area (Å²) in [7, 11) is 1.70. The molecule has 4 rings (SSSR count). The van der Waals surface area contributed by atoms with E-state index in [1.807, 2.05) is 4.90 Å². The predicted molar refractivity (Wildman–Crippen MR) is 130 cm³/mol. The van der Waals surface area contributed by atoms with E-state index in [1.165, 1.54) is 11.1 Å². The molecular formula is C27H35N3O3. The lowest BCUT2D eigenvalue weighted by molar-refractivity contribution is -0.142. The summed E-state index contributed by atoms with van der Waals surface area (Å²) in [5, 5.41) is 2.89. The van der Waals surface area contributed by atoms with E-state index in [1.54, 1.807) is 7.05 Å². The number of carbonyl (C=O) groups excluding carboxylic acids is 2. The predicted octanol–water partition coefficient (Wildman–Crippen LogP) is 2.89. The number of likely N-dealkylation sites (tertiary alicyclic amines) is 1. The zero-order valence-corrected chi connectivity index (χ0v) is 19.8. The number of nitrogens with one attached hydrogen (secondary N) is 1. The number of piperidine rings is 1. The Morgan fingerprint density at radius 3 is 2.48 bits per heavy atom. The van der Waals surface area contributed by atoms with E-state index in [9.17, 15) is 9.59 Å². The SMILES string of the molecule is CNC(=O)C1(Cc2cccc(-c3cccc(C)c3)c2)CCCN(C(=O)CN2CCOCC2)C1. The molecule has 176 valence electrons. The first-order valence-corrected chi connectivity index (χ1v) is 12.0. The molecule has 6 nitrogen and oxygen atoms in total. The fourth-order valence-corrected chi connectivity index (χ4v) is 5.15. The van der Waals surface area contributed by atoms with Crippen LogP contribution in [0.3, 0.4) is 0 Å². The second kappa shape index (κ2) is 10.5. The largest absolute Gasteiger partial charge is 0.379 e. The number of ether oxygens (including phenoxy) is 1. The van der Waals surface area contributed by atoms with Crippen molar-refractivity contribution in [1.29, 1.82) is 0 Å². The Morgan fingerprint density at radius 1 is 1.03 bits per heavy atom. The van der Waals surface area contributed by atoms with Crippen LogP contribution in [0.25, 0.3) is 11.1 Å². The molecule has 0 saturated carbocycles. The van der Waals surface area contributed by atoms with Crippen molar-refractivity contribution in [3.63, 3.8) is 0 Å². The van der Waals surface area contributed by atoms with E-state index < -0.39 is 5.41 Å². The molecule has 2 aromatic carbocycles. The van der Waals surface area contributed by atoms with Gasteiger partial charge in [0.2, 0.25) is 11.8 Å². The van der Waals surface area contributed by atoms with E-state index in [-0.39, 0.29) is 11.8 Å². The van der Waals surface area contributed by atoms with Gasteiger partial charge in [0.15, 0.2) is 0 Å². The highest BCUT2D eigenvalue weighted by Gasteiger charge is 2.43. The average molecular weight is 450 g/mol. The van der Waals surface area contributed by atoms with Gasteiger partial charge < -0.3 is 15.0 Å². The van der Waals surface area contributed by atoms with Gasteiger partial charge in [-0.05, 0) is 42.9 Å². The molecule has 0 bridgehead atoms. The first-order chi connectivity index (χ1) is 16.0. The molecule has 2 aliphatic rings. The topological polar surface area (TPSA) is 61.9 Å². The second-order valence-corrected chi connectivity index (χ2v) is 9.41. The van der Waals surface area contributed by atoms with E-state index in [2.05, 4.69) is 65.7 Å². The fourth-order valence-electron chi connectivity index (χ4n) is 5.15. The summed E-state index contributed by atoms with van der Waals surface area (Å²) in [6.45, 7) is 6.58. The van der Waals surface area contributed by atoms with Gasteiger partial charge in [0.25, 0.3) is 0 Å². The van der Waals surface area contributed by atoms with Gasteiger partial charge in [0.1, 0.15) is 0 Å². The molecule has 0 aliphatic carbocycles. The number of hydrogen-bond donors (Lipinski definition) is 1. The molecular weight excluding hydrogens is 414 g/mol. The maximum absolute atomic E-state index is 13.2. The summed E-state index contributed by atoms with van der Waals surface area (Å²) in [5.41, 5.74) is 4.07. The summed E-state index contributed by atoms with van der Waals surface area (Å²) in [5.74, 6) is 0.130. The van der Waals surface area contributed by atoms with Gasteiger partial charge in [0, 0.05) is 33.2 Å². The summed E-state index contributed by atoms with van der Waals surface area (Å²) in [6, 6.07) is 16.9. The molecule has 0 radical (unpaired) electrons. The van der Waals surface area contributed by atoms with Gasteiger partial charge in [0.05, 0.1) is 25.2 Å². The van der Waals surface area contributed by atoms with Crippen LogP contribution < -0.4 is 5.32 Å². The zero-order chi connectivity index (χ0) is 23.3. The van der Waals surface area contributed by atoms with Crippen molar-refractivity contribution < 1.29 is 14.3 Å². The van der Waals surface area contributed by atoms with Gasteiger partial charge >= 0.3 is 0 Å². The molecule has 33 heavy (non-hydrogen) atoms. The van der Waals surface area contributed by atoms with Crippen LogP contribution in [0.4, 0.5) is 0 Å². The third-order valence-corrected chi connectivity index (χ3v) is 6.92. The van der Waals surface area contributed by atoms with Gasteiger partial charge in [-0.15, -0.1) is 0 Å². The number of nitrogens with zero attached hydrogens (tertiary/aromatic N) is 2. The van der Waals surface area contributed by atoms with Crippen LogP contribution in [0.1, 0.15) is 24.0 Å². The third-order valence-electron chi connectivity index (χ3n) is 6.92. The van der Waals surface area contributed by atoms with E-state index in [4.69, 9.17) is 4.74 Å². The Labute approximate surface area is 196 Å². The molecule has 1 N–H and O–H groups in total. The molecule has 6 heteroatoms. The Morgan fingerprint density at radius 2 is 1.76 bits per heavy atom. The summed E-state index contributed by atoms with van der Waals surface area (Å²) >= 11 is 0. The van der Waals surface area contributed by atoms with Crippen molar-refractivity contribution in [1.82, 2.24) is 15.1 Å². The summed E-state index contributed by atoms with van der Waals surface area (Å²) in [4.78, 5) is 30.3. The third kappa shape index (κ3) is 5.63. The van der Waals surface area contributed by atoms with Crippen LogP contribution in [-0.2, 0) is 20.7 Å². The first kappa shape index (κ1) is 23.5. The lowest BCUT2D eigenvalue weighted by Gasteiger charge is -2.42. The molecule has 2 amide bonds. The molecule has 2 aliphatic heterocycles. The molecule has 2 fully saturated rings. The number of amides is 2. The van der Waals surface area contributed by atoms with E-state index in [0.717, 1.165) is 37.1 Å². The highest BCUT2D eigenvalue weighted by molar-refractivity contribution is 5.85. The monoisotopic (exact) mass is 449 g/mol. The lowest BCUT2D eigenvalue weighted by atomic mass is 9.74. The minimum Gasteiger partial charge on any atom is -0.379 e. The van der Waals surface area contributed by atoms with Crippen LogP contribution in [0.5, 0.6) is 0 Å². The Bertz CT molecular complexity index is 986. The highest BCUT2D eigenvalue weighted by Crippen LogP contribution is 2.35. The Kier molecular flexibility index (Phi) is 7.46. The van der Waals surface area contributed by atoms with Crippen molar-refractivity contribution in [3.8, 4) is 11.1 Å². The molecule has 1 atom stereocenters. The minimum atomic E-state index is -0.612. The van der Waals surface area contributed by atoms with Crippen LogP contribution in [0, 0.1) is 12.3 Å². The smallest absolute Gasteiger partial charge is 0.236 e. The number of hydrogen-bond acceptors (Lipinski definition) is 4. The van der Waals surface area contributed by atoms with Gasteiger partial charge in [-0.3, -0.25) is 14.5 Å². The number of carbonyl (C=O) groups is 2. The van der Waals surface area contributed by atoms with Crippen LogP contribution in [0.15, 0.2) is 48.5 Å². The van der Waals surface area contributed by atoms with E-state index >= 15 is 0 Å². The fraction of sp³-hybridized carbons (Fsp3) is 0.481. The second-order valence-electron chi connectivity index (χ2n) is 9.41. The minimum absolute atomic E-state index is 0.0207. The number of aryl methyl sites for hydroxylation is 1. The highest BCUT2D eigenvalue weighted by atomic mass is 16.5. The molecule has 2 aromatic rings. The maximum atomic E-state index is 13.2. The molecule has 1 unspecified atom stereocenters. The summed E-state index contributed by atoms with van der Waals surface area (Å²) in [6.07, 6.45) is 2.23. The number of benzene rings is 2. The van der Waals surface area contributed by atoms with Gasteiger partial charge in [-0.25, -0.2) is 0 Å². The molecule has 2 heterocycles. The number of rotatable bonds is 6. The zero-order valence-electron chi connectivity index (χ0n) is 19.8. The van der Waals surface area contributed by atoms with Crippen molar-refractivity contribution in [2.75, 3.05) is 53.0 Å². The van der Waals surface area contributed by atoms with Gasteiger partial charge in [-0.2, -0.15) is 0 Å². The lowest BCUT2D eigenvalue weighted by Crippen LogP contribution is -2.55. The van der Waals surface area contributed by atoms with Crippen LogP contribution >= 0.6 is 0 Å².